The van der Waals surface area contributed by atoms with Crippen molar-refractivity contribution in [1.82, 2.24) is 4.98 Å². The number of aliphatic hydroxyl groups is 1. The van der Waals surface area contributed by atoms with Gasteiger partial charge in [0.05, 0.1) is 16.2 Å². The summed E-state index contributed by atoms with van der Waals surface area (Å²) in [7, 11) is 0. The highest BCUT2D eigenvalue weighted by atomic mass is 19.4. The molecule has 1 aliphatic heterocycles. The van der Waals surface area contributed by atoms with Gasteiger partial charge in [-0.1, -0.05) is 6.07 Å². The van der Waals surface area contributed by atoms with Crippen molar-refractivity contribution < 1.29 is 37.5 Å². The molecule has 3 aromatic rings. The van der Waals surface area contributed by atoms with Gasteiger partial charge in [-0.2, -0.15) is 0 Å². The Morgan fingerprint density at radius 2 is 1.69 bits per heavy atom. The van der Waals surface area contributed by atoms with E-state index in [-0.39, 0.29) is 28.2 Å². The molecule has 2 aromatic carbocycles. The van der Waals surface area contributed by atoms with E-state index in [9.17, 15) is 38.0 Å². The molecule has 0 bridgehead atoms. The molecule has 1 fully saturated rings. The van der Waals surface area contributed by atoms with E-state index in [0.29, 0.717) is 0 Å². The molecular formula is C23H14F3N3O6. The minimum Gasteiger partial charge on any atom is -0.507 e. The number of aromatic nitrogens is 1. The van der Waals surface area contributed by atoms with Gasteiger partial charge >= 0.3 is 6.36 Å². The molecule has 1 atom stereocenters. The Balaban J connectivity index is 1.82. The van der Waals surface area contributed by atoms with E-state index in [1.165, 1.54) is 24.4 Å². The van der Waals surface area contributed by atoms with Crippen LogP contribution in [0.1, 0.15) is 17.3 Å². The number of nitro groups is 1. The number of hydrogen-bond acceptors (Lipinski definition) is 7. The molecule has 1 aliphatic rings. The summed E-state index contributed by atoms with van der Waals surface area (Å²) in [5.41, 5.74) is -0.281. The van der Waals surface area contributed by atoms with Gasteiger partial charge in [0, 0.05) is 29.6 Å². The maximum Gasteiger partial charge on any atom is 0.573 e. The number of alkyl halides is 3. The molecule has 0 aliphatic carbocycles. The number of Topliss-reactive ketones (excluding diaryl/α,β-unsaturated/α-hetero) is 1. The molecule has 0 radical (unpaired) electrons. The van der Waals surface area contributed by atoms with Crippen LogP contribution in [-0.2, 0) is 9.59 Å². The zero-order chi connectivity index (χ0) is 25.3. The summed E-state index contributed by atoms with van der Waals surface area (Å²) in [5.74, 6) is -3.23. The van der Waals surface area contributed by atoms with Crippen molar-refractivity contribution in [3.8, 4) is 5.75 Å². The zero-order valence-electron chi connectivity index (χ0n) is 17.5. The third-order valence-corrected chi connectivity index (χ3v) is 5.11. The Morgan fingerprint density at radius 3 is 2.23 bits per heavy atom. The summed E-state index contributed by atoms with van der Waals surface area (Å²) in [6, 6.07) is 12.4. The fourth-order valence-electron chi connectivity index (χ4n) is 3.62. The van der Waals surface area contributed by atoms with Gasteiger partial charge in [-0.3, -0.25) is 29.6 Å². The molecule has 9 nitrogen and oxygen atoms in total. The van der Waals surface area contributed by atoms with Gasteiger partial charge in [0.25, 0.3) is 17.4 Å². The number of benzene rings is 2. The van der Waals surface area contributed by atoms with E-state index in [2.05, 4.69) is 9.72 Å². The molecule has 35 heavy (non-hydrogen) atoms. The second-order valence-electron chi connectivity index (χ2n) is 7.27. The number of aliphatic hydroxyl groups excluding tert-OH is 1. The van der Waals surface area contributed by atoms with E-state index in [4.69, 9.17) is 0 Å². The molecule has 2 heterocycles. The second-order valence-corrected chi connectivity index (χ2v) is 7.27. The number of ether oxygens (including phenoxy) is 1. The predicted octanol–water partition coefficient (Wildman–Crippen LogP) is 4.51. The van der Waals surface area contributed by atoms with E-state index in [1.54, 1.807) is 12.1 Å². The summed E-state index contributed by atoms with van der Waals surface area (Å²) in [6.45, 7) is 0. The van der Waals surface area contributed by atoms with Crippen LogP contribution < -0.4 is 9.64 Å². The van der Waals surface area contributed by atoms with Crippen LogP contribution in [0.5, 0.6) is 5.75 Å². The first-order valence-corrected chi connectivity index (χ1v) is 9.89. The van der Waals surface area contributed by atoms with Crippen LogP contribution in [0.3, 0.4) is 0 Å². The van der Waals surface area contributed by atoms with Crippen molar-refractivity contribution in [3.63, 3.8) is 0 Å². The number of rotatable bonds is 5. The SMILES string of the molecule is O=C1C(=O)N(c2ccc(OC(F)(F)F)cc2)C(c2ccccn2)/C1=C(/O)c1ccc([N+](=O)[O-])cc1. The summed E-state index contributed by atoms with van der Waals surface area (Å²) in [5, 5.41) is 21.9. The molecular weight excluding hydrogens is 471 g/mol. The highest BCUT2D eigenvalue weighted by molar-refractivity contribution is 6.51. The Morgan fingerprint density at radius 1 is 1.03 bits per heavy atom. The maximum absolute atomic E-state index is 13.0. The van der Waals surface area contributed by atoms with E-state index in [0.717, 1.165) is 41.3 Å². The van der Waals surface area contributed by atoms with Crippen LogP contribution in [-0.4, -0.2) is 33.1 Å². The van der Waals surface area contributed by atoms with Crippen LogP contribution in [0.4, 0.5) is 24.5 Å². The van der Waals surface area contributed by atoms with Crippen molar-refractivity contribution in [3.05, 3.63) is 99.9 Å². The van der Waals surface area contributed by atoms with E-state index < -0.39 is 40.5 Å². The van der Waals surface area contributed by atoms with Crippen molar-refractivity contribution in [1.29, 1.82) is 0 Å². The zero-order valence-corrected chi connectivity index (χ0v) is 17.5. The smallest absolute Gasteiger partial charge is 0.507 e. The minimum absolute atomic E-state index is 0.0449. The van der Waals surface area contributed by atoms with Crippen molar-refractivity contribution in [2.45, 2.75) is 12.4 Å². The fraction of sp³-hybridized carbons (Fsp3) is 0.0870. The van der Waals surface area contributed by atoms with Crippen LogP contribution >= 0.6 is 0 Å². The van der Waals surface area contributed by atoms with Crippen LogP contribution in [0, 0.1) is 10.1 Å². The number of carbonyl (C=O) groups is 2. The van der Waals surface area contributed by atoms with Gasteiger partial charge in [-0.15, -0.1) is 13.2 Å². The Bertz CT molecular complexity index is 1320. The predicted molar refractivity (Wildman–Crippen MR) is 115 cm³/mol. The number of ketones is 1. The molecule has 178 valence electrons. The second kappa shape index (κ2) is 8.89. The average molecular weight is 485 g/mol. The Labute approximate surface area is 194 Å². The lowest BCUT2D eigenvalue weighted by atomic mass is 9.98. The molecule has 12 heteroatoms. The van der Waals surface area contributed by atoms with Gasteiger partial charge < -0.3 is 9.84 Å². The molecule has 1 amide bonds. The number of nitro benzene ring substituents is 1. The number of carbonyl (C=O) groups excluding carboxylic acids is 2. The summed E-state index contributed by atoms with van der Waals surface area (Å²) < 4.78 is 41.3. The molecule has 1 unspecified atom stereocenters. The number of hydrogen-bond donors (Lipinski definition) is 1. The minimum atomic E-state index is -4.91. The number of amides is 1. The molecule has 1 N–H and O–H groups in total. The third kappa shape index (κ3) is 4.67. The molecule has 1 aromatic heterocycles. The Kier molecular flexibility index (Phi) is 5.95. The summed E-state index contributed by atoms with van der Waals surface area (Å²) >= 11 is 0. The number of anilines is 1. The fourth-order valence-corrected chi connectivity index (χ4v) is 3.62. The van der Waals surface area contributed by atoms with Crippen molar-refractivity contribution >= 4 is 28.8 Å². The van der Waals surface area contributed by atoms with Crippen LogP contribution in [0.25, 0.3) is 5.76 Å². The van der Waals surface area contributed by atoms with Crippen molar-refractivity contribution in [2.24, 2.45) is 0 Å². The standard InChI is InChI=1S/C23H14F3N3O6/c24-23(25,26)35-16-10-8-14(9-11-16)28-19(17-3-1-2-12-27-17)18(21(31)22(28)32)20(30)13-4-6-15(7-5-13)29(33)34/h1-12,19,30H/b20-18-. The first-order chi connectivity index (χ1) is 16.6. The monoisotopic (exact) mass is 485 g/mol. The first kappa shape index (κ1) is 23.4. The lowest BCUT2D eigenvalue weighted by Gasteiger charge is -2.24. The van der Waals surface area contributed by atoms with Crippen LogP contribution in [0.2, 0.25) is 0 Å². The quantitative estimate of drug-likeness (QED) is 0.185. The van der Waals surface area contributed by atoms with Gasteiger partial charge in [-0.05, 0) is 48.5 Å². The molecule has 4 rings (SSSR count). The van der Waals surface area contributed by atoms with Gasteiger partial charge in [0.15, 0.2) is 0 Å². The van der Waals surface area contributed by atoms with E-state index in [1.807, 2.05) is 0 Å². The van der Waals surface area contributed by atoms with Gasteiger partial charge in [0.1, 0.15) is 17.6 Å². The van der Waals surface area contributed by atoms with Gasteiger partial charge in [-0.25, -0.2) is 0 Å². The topological polar surface area (TPSA) is 123 Å². The third-order valence-electron chi connectivity index (χ3n) is 5.11. The van der Waals surface area contributed by atoms with Crippen LogP contribution in [0.15, 0.2) is 78.5 Å². The summed E-state index contributed by atoms with van der Waals surface area (Å²) in [4.78, 5) is 41.5. The lowest BCUT2D eigenvalue weighted by molar-refractivity contribution is -0.384. The van der Waals surface area contributed by atoms with E-state index >= 15 is 0 Å². The first-order valence-electron chi connectivity index (χ1n) is 9.89. The average Bonchev–Trinajstić information content (AvgIpc) is 3.09. The normalized spacial score (nSPS) is 17.5. The number of halogens is 3. The highest BCUT2D eigenvalue weighted by Crippen LogP contribution is 2.42. The number of nitrogens with zero attached hydrogens (tertiary/aromatic N) is 3. The van der Waals surface area contributed by atoms with Gasteiger partial charge in [0.2, 0.25) is 0 Å². The van der Waals surface area contributed by atoms with Crippen molar-refractivity contribution in [2.75, 3.05) is 4.90 Å². The highest BCUT2D eigenvalue weighted by Gasteiger charge is 2.47. The molecule has 0 saturated carbocycles. The summed E-state index contributed by atoms with van der Waals surface area (Å²) in [6.07, 6.45) is -3.51. The maximum atomic E-state index is 13.0. The molecule has 0 spiro atoms. The Hall–Kier alpha value is -4.74. The molecule has 1 saturated heterocycles. The number of non-ortho nitro benzene ring substituents is 1. The lowest BCUT2D eigenvalue weighted by Crippen LogP contribution is -2.29. The largest absolute Gasteiger partial charge is 0.573 e. The number of pyridine rings is 1.